The maximum Gasteiger partial charge on any atom is 0.416 e. The topological polar surface area (TPSA) is 54.9 Å². The van der Waals surface area contributed by atoms with Crippen LogP contribution in [-0.4, -0.2) is 16.1 Å². The molecule has 0 unspecified atom stereocenters. The molecule has 0 spiro atoms. The van der Waals surface area contributed by atoms with Crippen LogP contribution >= 0.6 is 11.3 Å². The van der Waals surface area contributed by atoms with Gasteiger partial charge in [0, 0.05) is 5.56 Å². The van der Waals surface area contributed by atoms with Crippen LogP contribution in [0.1, 0.15) is 15.2 Å². The molecule has 0 saturated carbocycles. The predicted molar refractivity (Wildman–Crippen MR) is 84.7 cm³/mol. The molecule has 1 N–H and O–H groups in total. The molecule has 0 atom stereocenters. The minimum absolute atomic E-state index is 0.0754. The first-order chi connectivity index (χ1) is 11.8. The highest BCUT2D eigenvalue weighted by Gasteiger charge is 2.30. The number of carbonyl (C=O) groups excluding carboxylic acids is 1. The molecule has 0 aliphatic heterocycles. The lowest BCUT2D eigenvalue weighted by Crippen LogP contribution is -2.13. The molecule has 3 rings (SSSR count). The number of aromatic nitrogens is 2. The van der Waals surface area contributed by atoms with Gasteiger partial charge in [-0.1, -0.05) is 12.1 Å². The second-order valence-electron chi connectivity index (χ2n) is 4.93. The van der Waals surface area contributed by atoms with Gasteiger partial charge in [-0.25, -0.2) is 4.39 Å². The van der Waals surface area contributed by atoms with Gasteiger partial charge in [-0.05, 0) is 35.7 Å². The van der Waals surface area contributed by atoms with Gasteiger partial charge in [0.1, 0.15) is 10.7 Å². The summed E-state index contributed by atoms with van der Waals surface area (Å²) in [6.07, 6.45) is -4.41. The van der Waals surface area contributed by atoms with Gasteiger partial charge < -0.3 is 5.32 Å². The summed E-state index contributed by atoms with van der Waals surface area (Å²) in [6.45, 7) is 0. The average Bonchev–Trinajstić information content (AvgIpc) is 3.01. The van der Waals surface area contributed by atoms with Crippen molar-refractivity contribution in [2.45, 2.75) is 6.18 Å². The number of anilines is 1. The van der Waals surface area contributed by atoms with Crippen molar-refractivity contribution in [1.29, 1.82) is 0 Å². The van der Waals surface area contributed by atoms with E-state index in [4.69, 9.17) is 0 Å². The SMILES string of the molecule is O=C(Nc1ccc(-c2ccc(C(F)(F)F)cc2)nn1)c1sccc1F. The molecule has 9 heteroatoms. The number of rotatable bonds is 3. The highest BCUT2D eigenvalue weighted by Crippen LogP contribution is 2.30. The van der Waals surface area contributed by atoms with Crippen LogP contribution in [0.4, 0.5) is 23.4 Å². The number of hydrogen-bond acceptors (Lipinski definition) is 4. The van der Waals surface area contributed by atoms with Gasteiger partial charge in [-0.15, -0.1) is 21.5 Å². The quantitative estimate of drug-likeness (QED) is 0.688. The van der Waals surface area contributed by atoms with Gasteiger partial charge in [0.25, 0.3) is 5.91 Å². The van der Waals surface area contributed by atoms with Gasteiger partial charge in [0.05, 0.1) is 11.3 Å². The molecule has 0 fully saturated rings. The van der Waals surface area contributed by atoms with Crippen molar-refractivity contribution in [2.24, 2.45) is 0 Å². The minimum Gasteiger partial charge on any atom is -0.304 e. The van der Waals surface area contributed by atoms with Crippen LogP contribution < -0.4 is 5.32 Å². The zero-order valence-corrected chi connectivity index (χ0v) is 13.2. The summed E-state index contributed by atoms with van der Waals surface area (Å²) in [6, 6.07) is 8.58. The second-order valence-corrected chi connectivity index (χ2v) is 5.85. The Kier molecular flexibility index (Phi) is 4.49. The molecule has 4 nitrogen and oxygen atoms in total. The molecule has 2 heterocycles. The van der Waals surface area contributed by atoms with Crippen molar-refractivity contribution in [1.82, 2.24) is 10.2 Å². The normalized spacial score (nSPS) is 11.4. The fraction of sp³-hybridized carbons (Fsp3) is 0.0625. The Morgan fingerprint density at radius 2 is 1.72 bits per heavy atom. The van der Waals surface area contributed by atoms with Crippen molar-refractivity contribution < 1.29 is 22.4 Å². The number of alkyl halides is 3. The third-order valence-corrected chi connectivity index (χ3v) is 4.13. The average molecular weight is 367 g/mol. The standard InChI is InChI=1S/C16H9F4N3OS/c17-11-7-8-25-14(11)15(24)21-13-6-5-12(22-23-13)9-1-3-10(4-2-9)16(18,19)20/h1-8H,(H,21,23,24). The molecule has 0 radical (unpaired) electrons. The Hall–Kier alpha value is -2.81. The van der Waals surface area contributed by atoms with E-state index in [1.807, 2.05) is 0 Å². The van der Waals surface area contributed by atoms with Gasteiger partial charge in [0.2, 0.25) is 0 Å². The summed E-state index contributed by atoms with van der Waals surface area (Å²) >= 11 is 0.953. The number of amides is 1. The van der Waals surface area contributed by atoms with E-state index in [0.717, 1.165) is 23.5 Å². The number of nitrogens with one attached hydrogen (secondary N) is 1. The van der Waals surface area contributed by atoms with Crippen molar-refractivity contribution in [3.05, 3.63) is 64.1 Å². The zero-order valence-electron chi connectivity index (χ0n) is 12.3. The second kappa shape index (κ2) is 6.60. The van der Waals surface area contributed by atoms with E-state index < -0.39 is 23.5 Å². The maximum absolute atomic E-state index is 13.3. The van der Waals surface area contributed by atoms with Gasteiger partial charge in [0.15, 0.2) is 5.82 Å². The number of hydrogen-bond donors (Lipinski definition) is 1. The van der Waals surface area contributed by atoms with Crippen LogP contribution in [0, 0.1) is 5.82 Å². The van der Waals surface area contributed by atoms with E-state index in [-0.39, 0.29) is 10.7 Å². The summed E-state index contributed by atoms with van der Waals surface area (Å²) in [4.78, 5) is 11.8. The first kappa shape index (κ1) is 17.0. The van der Waals surface area contributed by atoms with Crippen LogP contribution in [0.25, 0.3) is 11.3 Å². The fourth-order valence-corrected chi connectivity index (χ4v) is 2.67. The Morgan fingerprint density at radius 3 is 2.24 bits per heavy atom. The Bertz CT molecular complexity index is 889. The molecule has 1 amide bonds. The van der Waals surface area contributed by atoms with Gasteiger partial charge >= 0.3 is 6.18 Å². The van der Waals surface area contributed by atoms with Gasteiger partial charge in [-0.3, -0.25) is 4.79 Å². The zero-order chi connectivity index (χ0) is 18.0. The van der Waals surface area contributed by atoms with Crippen molar-refractivity contribution in [2.75, 3.05) is 5.32 Å². The van der Waals surface area contributed by atoms with Crippen molar-refractivity contribution in [3.8, 4) is 11.3 Å². The Balaban J connectivity index is 1.74. The molecule has 1 aromatic carbocycles. The Morgan fingerprint density at radius 1 is 1.00 bits per heavy atom. The summed E-state index contributed by atoms with van der Waals surface area (Å²) in [5, 5.41) is 11.5. The molecule has 0 aliphatic carbocycles. The summed E-state index contributed by atoms with van der Waals surface area (Å²) in [5.41, 5.74) is 0.0303. The largest absolute Gasteiger partial charge is 0.416 e. The van der Waals surface area contributed by atoms with Crippen LogP contribution in [0.5, 0.6) is 0 Å². The van der Waals surface area contributed by atoms with E-state index in [2.05, 4.69) is 15.5 Å². The van der Waals surface area contributed by atoms with Crippen molar-refractivity contribution >= 4 is 23.1 Å². The maximum atomic E-state index is 13.3. The number of nitrogens with zero attached hydrogens (tertiary/aromatic N) is 2. The van der Waals surface area contributed by atoms with E-state index >= 15 is 0 Å². The molecule has 0 saturated heterocycles. The molecule has 2 aromatic heterocycles. The van der Waals surface area contributed by atoms with Crippen LogP contribution in [0.3, 0.4) is 0 Å². The molecule has 0 bridgehead atoms. The molecular formula is C16H9F4N3OS. The van der Waals surface area contributed by atoms with E-state index in [1.54, 1.807) is 0 Å². The summed E-state index contributed by atoms with van der Waals surface area (Å²) in [5.74, 6) is -1.17. The van der Waals surface area contributed by atoms with E-state index in [1.165, 1.54) is 35.7 Å². The van der Waals surface area contributed by atoms with Crippen molar-refractivity contribution in [3.63, 3.8) is 0 Å². The molecule has 3 aromatic rings. The van der Waals surface area contributed by atoms with E-state index in [9.17, 15) is 22.4 Å². The lowest BCUT2D eigenvalue weighted by atomic mass is 10.1. The van der Waals surface area contributed by atoms with Crippen LogP contribution in [0.15, 0.2) is 47.8 Å². The summed E-state index contributed by atoms with van der Waals surface area (Å²) < 4.78 is 51.0. The first-order valence-electron chi connectivity index (χ1n) is 6.90. The monoisotopic (exact) mass is 367 g/mol. The molecular weight excluding hydrogens is 358 g/mol. The molecule has 128 valence electrons. The highest BCUT2D eigenvalue weighted by molar-refractivity contribution is 7.12. The predicted octanol–water partition coefficient (Wildman–Crippen LogP) is 4.62. The molecule has 0 aliphatic rings. The highest BCUT2D eigenvalue weighted by atomic mass is 32.1. The molecule has 25 heavy (non-hydrogen) atoms. The third-order valence-electron chi connectivity index (χ3n) is 3.24. The van der Waals surface area contributed by atoms with E-state index in [0.29, 0.717) is 11.3 Å². The smallest absolute Gasteiger partial charge is 0.304 e. The van der Waals surface area contributed by atoms with Crippen LogP contribution in [0.2, 0.25) is 0 Å². The number of benzene rings is 1. The van der Waals surface area contributed by atoms with Gasteiger partial charge in [-0.2, -0.15) is 13.2 Å². The lowest BCUT2D eigenvalue weighted by Gasteiger charge is -2.07. The Labute approximate surface area is 143 Å². The van der Waals surface area contributed by atoms with Crippen LogP contribution in [-0.2, 0) is 6.18 Å². The summed E-state index contributed by atoms with van der Waals surface area (Å²) in [7, 11) is 0. The third kappa shape index (κ3) is 3.82. The number of thiophene rings is 1. The number of halogens is 4. The first-order valence-corrected chi connectivity index (χ1v) is 7.78. The minimum atomic E-state index is -4.41. The lowest BCUT2D eigenvalue weighted by molar-refractivity contribution is -0.137. The number of carbonyl (C=O) groups is 1. The fourth-order valence-electron chi connectivity index (χ4n) is 2.01.